The number of sulfone groups is 1. The second-order valence-electron chi connectivity index (χ2n) is 5.54. The molecule has 2 aromatic rings. The maximum Gasteiger partial charge on any atom is 0.388 e. The number of aryl methyl sites for hydroxylation is 1. The number of hydrogen-bond donors (Lipinski definition) is 0. The van der Waals surface area contributed by atoms with Crippen LogP contribution in [0, 0.1) is 6.92 Å². The molecule has 0 amide bonds. The van der Waals surface area contributed by atoms with E-state index in [0.29, 0.717) is 11.4 Å². The molecule has 1 aliphatic rings. The number of halogens is 2. The summed E-state index contributed by atoms with van der Waals surface area (Å²) in [4.78, 5) is 16.1. The molecule has 0 saturated heterocycles. The fraction of sp³-hybridized carbons (Fsp3) is 0.429. The molecular weight excluding hydrogens is 342 g/mol. The highest BCUT2D eigenvalue weighted by molar-refractivity contribution is 7.90. The van der Waals surface area contributed by atoms with Gasteiger partial charge in [0.25, 0.3) is 0 Å². The van der Waals surface area contributed by atoms with Crippen molar-refractivity contribution >= 4 is 9.84 Å². The van der Waals surface area contributed by atoms with Gasteiger partial charge in [-0.1, -0.05) is 0 Å². The van der Waals surface area contributed by atoms with Crippen molar-refractivity contribution in [2.75, 3.05) is 6.26 Å². The topological polar surface area (TPSA) is 94.9 Å². The van der Waals surface area contributed by atoms with Gasteiger partial charge in [0.05, 0.1) is 5.69 Å². The van der Waals surface area contributed by atoms with Crippen molar-refractivity contribution in [2.45, 2.75) is 37.3 Å². The van der Waals surface area contributed by atoms with Crippen LogP contribution in [-0.4, -0.2) is 41.2 Å². The van der Waals surface area contributed by atoms with Crippen LogP contribution in [0.2, 0.25) is 0 Å². The first-order valence-electron chi connectivity index (χ1n) is 7.11. The molecule has 10 heteroatoms. The van der Waals surface area contributed by atoms with E-state index in [9.17, 15) is 17.2 Å². The van der Waals surface area contributed by atoms with Crippen molar-refractivity contribution < 1.29 is 21.9 Å². The zero-order chi connectivity index (χ0) is 17.5. The Hall–Kier alpha value is -2.23. The summed E-state index contributed by atoms with van der Waals surface area (Å²) in [6.07, 6.45) is 3.85. The number of rotatable bonds is 5. The molecule has 0 bridgehead atoms. The average molecular weight is 356 g/mol. The summed E-state index contributed by atoms with van der Waals surface area (Å²) < 4.78 is 53.4. The van der Waals surface area contributed by atoms with Crippen LogP contribution in [0.5, 0.6) is 5.88 Å². The van der Waals surface area contributed by atoms with Crippen molar-refractivity contribution in [2.24, 2.45) is 0 Å². The standard InChI is InChI=1S/C14H14F2N4O3S/c1-7-5-9(24(2,21)22)20-12(19-7)10-11(8-3-4-8)17-6-18-13(10)23-14(15)16/h5-6,8,14H,3-4H2,1-2H3. The predicted molar refractivity (Wildman–Crippen MR) is 79.5 cm³/mol. The van der Waals surface area contributed by atoms with Gasteiger partial charge in [-0.2, -0.15) is 8.78 Å². The molecule has 1 aliphatic carbocycles. The minimum atomic E-state index is -3.59. The van der Waals surface area contributed by atoms with Gasteiger partial charge < -0.3 is 4.74 Å². The Morgan fingerprint density at radius 2 is 1.96 bits per heavy atom. The highest BCUT2D eigenvalue weighted by atomic mass is 32.2. The van der Waals surface area contributed by atoms with E-state index in [1.807, 2.05) is 0 Å². The molecule has 24 heavy (non-hydrogen) atoms. The Kier molecular flexibility index (Phi) is 4.16. The fourth-order valence-corrected chi connectivity index (χ4v) is 2.91. The Labute approximate surface area is 137 Å². The number of hydrogen-bond acceptors (Lipinski definition) is 7. The molecule has 3 rings (SSSR count). The molecule has 0 N–H and O–H groups in total. The van der Waals surface area contributed by atoms with E-state index in [0.717, 1.165) is 25.4 Å². The molecule has 0 unspecified atom stereocenters. The molecule has 0 spiro atoms. The van der Waals surface area contributed by atoms with Gasteiger partial charge in [-0.3, -0.25) is 0 Å². The van der Waals surface area contributed by atoms with E-state index in [1.54, 1.807) is 6.92 Å². The number of alkyl halides is 2. The Morgan fingerprint density at radius 3 is 2.54 bits per heavy atom. The summed E-state index contributed by atoms with van der Waals surface area (Å²) in [6, 6.07) is 1.31. The third kappa shape index (κ3) is 3.48. The van der Waals surface area contributed by atoms with Crippen LogP contribution in [0.25, 0.3) is 11.4 Å². The first kappa shape index (κ1) is 16.6. The summed E-state index contributed by atoms with van der Waals surface area (Å²) >= 11 is 0. The van der Waals surface area contributed by atoms with Gasteiger partial charge >= 0.3 is 6.61 Å². The van der Waals surface area contributed by atoms with Gasteiger partial charge in [-0.05, 0) is 25.8 Å². The first-order chi connectivity index (χ1) is 11.3. The summed E-state index contributed by atoms with van der Waals surface area (Å²) in [5, 5.41) is -0.196. The number of ether oxygens (including phenoxy) is 1. The Morgan fingerprint density at radius 1 is 1.25 bits per heavy atom. The van der Waals surface area contributed by atoms with Gasteiger partial charge in [-0.15, -0.1) is 0 Å². The van der Waals surface area contributed by atoms with E-state index >= 15 is 0 Å². The lowest BCUT2D eigenvalue weighted by atomic mass is 10.1. The van der Waals surface area contributed by atoms with Crippen molar-refractivity contribution in [3.05, 3.63) is 23.8 Å². The lowest BCUT2D eigenvalue weighted by molar-refractivity contribution is -0.0525. The van der Waals surface area contributed by atoms with Gasteiger partial charge in [0.15, 0.2) is 20.7 Å². The van der Waals surface area contributed by atoms with E-state index in [4.69, 9.17) is 0 Å². The third-order valence-electron chi connectivity index (χ3n) is 3.44. The van der Waals surface area contributed by atoms with Crippen molar-refractivity contribution in [3.8, 4) is 17.3 Å². The van der Waals surface area contributed by atoms with E-state index < -0.39 is 16.4 Å². The molecular formula is C14H14F2N4O3S. The summed E-state index contributed by atoms with van der Waals surface area (Å²) in [7, 11) is -3.59. The van der Waals surface area contributed by atoms with Crippen LogP contribution in [0.15, 0.2) is 17.4 Å². The maximum absolute atomic E-state index is 12.7. The molecule has 0 aliphatic heterocycles. The lowest BCUT2D eigenvalue weighted by Gasteiger charge is -2.13. The molecule has 1 fully saturated rings. The molecule has 2 aromatic heterocycles. The van der Waals surface area contributed by atoms with Crippen LogP contribution in [0.3, 0.4) is 0 Å². The summed E-state index contributed by atoms with van der Waals surface area (Å²) in [6.45, 7) is -1.49. The highest BCUT2D eigenvalue weighted by Gasteiger charge is 2.32. The van der Waals surface area contributed by atoms with Crippen LogP contribution in [0.1, 0.15) is 30.1 Å². The zero-order valence-electron chi connectivity index (χ0n) is 12.9. The maximum atomic E-state index is 12.7. The molecule has 2 heterocycles. The minimum absolute atomic E-state index is 0.0337. The van der Waals surface area contributed by atoms with E-state index in [2.05, 4.69) is 24.7 Å². The third-order valence-corrected chi connectivity index (χ3v) is 4.41. The van der Waals surface area contributed by atoms with Gasteiger partial charge in [0.1, 0.15) is 11.9 Å². The lowest BCUT2D eigenvalue weighted by Crippen LogP contribution is -2.10. The Bertz CT molecular complexity index is 886. The van der Waals surface area contributed by atoms with Crippen molar-refractivity contribution in [1.29, 1.82) is 0 Å². The number of nitrogens with zero attached hydrogens (tertiary/aromatic N) is 4. The SMILES string of the molecule is Cc1cc(S(C)(=O)=O)nc(-c2c(OC(F)F)ncnc2C2CC2)n1. The monoisotopic (exact) mass is 356 g/mol. The molecule has 1 saturated carbocycles. The molecule has 7 nitrogen and oxygen atoms in total. The van der Waals surface area contributed by atoms with Gasteiger partial charge in [0.2, 0.25) is 5.88 Å². The van der Waals surface area contributed by atoms with Gasteiger partial charge in [-0.25, -0.2) is 28.4 Å². The highest BCUT2D eigenvalue weighted by Crippen LogP contribution is 2.45. The van der Waals surface area contributed by atoms with Crippen molar-refractivity contribution in [3.63, 3.8) is 0 Å². The second-order valence-corrected chi connectivity index (χ2v) is 7.50. The fourth-order valence-electron chi connectivity index (χ4n) is 2.27. The Balaban J connectivity index is 2.23. The van der Waals surface area contributed by atoms with Gasteiger partial charge in [0, 0.05) is 17.9 Å². The predicted octanol–water partition coefficient (Wildman–Crippen LogP) is 2.12. The average Bonchev–Trinajstić information content (AvgIpc) is 3.29. The molecule has 0 atom stereocenters. The quantitative estimate of drug-likeness (QED) is 0.757. The largest absolute Gasteiger partial charge is 0.416 e. The van der Waals surface area contributed by atoms with Crippen LogP contribution in [-0.2, 0) is 9.84 Å². The van der Waals surface area contributed by atoms with Crippen LogP contribution in [0.4, 0.5) is 8.78 Å². The van der Waals surface area contributed by atoms with Crippen LogP contribution < -0.4 is 4.74 Å². The van der Waals surface area contributed by atoms with Crippen molar-refractivity contribution in [1.82, 2.24) is 19.9 Å². The molecule has 128 valence electrons. The minimum Gasteiger partial charge on any atom is -0.416 e. The normalized spacial score (nSPS) is 14.9. The first-order valence-corrected chi connectivity index (χ1v) is 9.00. The zero-order valence-corrected chi connectivity index (χ0v) is 13.7. The molecule has 0 radical (unpaired) electrons. The number of aromatic nitrogens is 4. The van der Waals surface area contributed by atoms with E-state index in [-0.39, 0.29) is 28.2 Å². The summed E-state index contributed by atoms with van der Waals surface area (Å²) in [5.74, 6) is -0.311. The second kappa shape index (κ2) is 6.00. The van der Waals surface area contributed by atoms with E-state index in [1.165, 1.54) is 6.07 Å². The molecule has 0 aromatic carbocycles. The smallest absolute Gasteiger partial charge is 0.388 e. The van der Waals surface area contributed by atoms with Crippen LogP contribution >= 0.6 is 0 Å². The summed E-state index contributed by atoms with van der Waals surface area (Å²) in [5.41, 5.74) is 0.994.